The predicted molar refractivity (Wildman–Crippen MR) is 141 cm³/mol. The van der Waals surface area contributed by atoms with Crippen molar-refractivity contribution in [2.45, 2.75) is 32.1 Å². The minimum atomic E-state index is -0.512. The van der Waals surface area contributed by atoms with Crippen LogP contribution in [0.25, 0.3) is 0 Å². The number of carbonyl (C=O) groups is 1. The first-order valence-corrected chi connectivity index (χ1v) is 12.5. The van der Waals surface area contributed by atoms with Crippen LogP contribution < -0.4 is 15.4 Å². The van der Waals surface area contributed by atoms with E-state index < -0.39 is 10.9 Å². The summed E-state index contributed by atoms with van der Waals surface area (Å²) >= 11 is 12.9. The van der Waals surface area contributed by atoms with E-state index in [-0.39, 0.29) is 16.5 Å². The smallest absolute Gasteiger partial charge is 0.341 e. The van der Waals surface area contributed by atoms with Gasteiger partial charge in [-0.2, -0.15) is 0 Å². The molecule has 3 aromatic rings. The standard InChI is InChI=1S/C24H22ClN3O5S2/c1-32-23(29)21-19-5-3-2-4-6-20(19)35-22(21)27-24(34)26-15-11-16(28(30)31)13-18(12-15)33-17-9-7-14(25)8-10-17/h7-13H,2-6H2,1H3,(H2,26,27,34). The third kappa shape index (κ3) is 6.08. The number of thiophene rings is 1. The van der Waals surface area contributed by atoms with Gasteiger partial charge in [-0.15, -0.1) is 11.3 Å². The van der Waals surface area contributed by atoms with Gasteiger partial charge in [0.05, 0.1) is 29.4 Å². The summed E-state index contributed by atoms with van der Waals surface area (Å²) in [6, 6.07) is 10.9. The van der Waals surface area contributed by atoms with E-state index in [1.807, 2.05) is 0 Å². The number of hydrogen-bond acceptors (Lipinski definition) is 7. The van der Waals surface area contributed by atoms with Crippen molar-refractivity contribution in [2.75, 3.05) is 17.7 Å². The maximum absolute atomic E-state index is 12.6. The molecule has 11 heteroatoms. The third-order valence-corrected chi connectivity index (χ3v) is 7.11. The summed E-state index contributed by atoms with van der Waals surface area (Å²) in [5.41, 5.74) is 1.71. The van der Waals surface area contributed by atoms with Crippen LogP contribution in [0.3, 0.4) is 0 Å². The minimum Gasteiger partial charge on any atom is -0.465 e. The molecule has 1 aliphatic rings. The SMILES string of the molecule is COC(=O)c1c(NC(=S)Nc2cc(Oc3ccc(Cl)cc3)cc([N+](=O)[O-])c2)sc2c1CCCCC2. The monoisotopic (exact) mass is 531 g/mol. The fraction of sp³-hybridized carbons (Fsp3) is 0.250. The van der Waals surface area contributed by atoms with Crippen LogP contribution in [0.4, 0.5) is 16.4 Å². The number of ether oxygens (including phenoxy) is 2. The summed E-state index contributed by atoms with van der Waals surface area (Å²) in [5.74, 6) is 0.318. The molecular formula is C24H22ClN3O5S2. The van der Waals surface area contributed by atoms with Gasteiger partial charge in [0.1, 0.15) is 16.5 Å². The van der Waals surface area contributed by atoms with Gasteiger partial charge in [0.15, 0.2) is 5.11 Å². The van der Waals surface area contributed by atoms with Crippen molar-refractivity contribution in [2.24, 2.45) is 0 Å². The number of halogens is 1. The van der Waals surface area contributed by atoms with Crippen molar-refractivity contribution >= 4 is 62.6 Å². The quantitative estimate of drug-likeness (QED) is 0.116. The van der Waals surface area contributed by atoms with Crippen LogP contribution in [0.15, 0.2) is 42.5 Å². The largest absolute Gasteiger partial charge is 0.465 e. The highest BCUT2D eigenvalue weighted by Gasteiger charge is 2.26. The molecule has 4 rings (SSSR count). The topological polar surface area (TPSA) is 103 Å². The number of nitro benzene ring substituents is 1. The average Bonchev–Trinajstić information content (AvgIpc) is 2.99. The first-order valence-electron chi connectivity index (χ1n) is 10.9. The number of nitro groups is 1. The Morgan fingerprint density at radius 3 is 2.54 bits per heavy atom. The maximum atomic E-state index is 12.6. The second kappa shape index (κ2) is 11.0. The Labute approximate surface area is 216 Å². The van der Waals surface area contributed by atoms with E-state index in [0.29, 0.717) is 27.0 Å². The summed E-state index contributed by atoms with van der Waals surface area (Å²) in [5, 5.41) is 18.9. The number of fused-ring (bicyclic) bond motifs is 1. The Morgan fingerprint density at radius 1 is 1.09 bits per heavy atom. The Balaban J connectivity index is 1.57. The highest BCUT2D eigenvalue weighted by molar-refractivity contribution is 7.80. The molecule has 0 amide bonds. The molecule has 1 aromatic heterocycles. The maximum Gasteiger partial charge on any atom is 0.341 e. The summed E-state index contributed by atoms with van der Waals surface area (Å²) < 4.78 is 10.8. The molecule has 0 aliphatic heterocycles. The number of non-ortho nitro benzene ring substituents is 1. The van der Waals surface area contributed by atoms with Gasteiger partial charge in [-0.3, -0.25) is 10.1 Å². The van der Waals surface area contributed by atoms with Gasteiger partial charge in [-0.05, 0) is 67.7 Å². The molecule has 0 saturated heterocycles. The Hall–Kier alpha value is -3.21. The summed E-state index contributed by atoms with van der Waals surface area (Å²) in [7, 11) is 1.36. The van der Waals surface area contributed by atoms with Crippen LogP contribution in [0.2, 0.25) is 5.02 Å². The molecule has 0 unspecified atom stereocenters. The van der Waals surface area contributed by atoms with Crippen molar-refractivity contribution in [1.82, 2.24) is 0 Å². The number of carbonyl (C=O) groups excluding carboxylic acids is 1. The molecule has 182 valence electrons. The predicted octanol–water partition coefficient (Wildman–Crippen LogP) is 6.97. The molecule has 35 heavy (non-hydrogen) atoms. The minimum absolute atomic E-state index is 0.167. The first kappa shape index (κ1) is 24.9. The number of rotatable bonds is 6. The molecule has 1 aliphatic carbocycles. The summed E-state index contributed by atoms with van der Waals surface area (Å²) in [6.45, 7) is 0. The molecule has 0 fully saturated rings. The lowest BCUT2D eigenvalue weighted by Gasteiger charge is -2.13. The van der Waals surface area contributed by atoms with E-state index >= 15 is 0 Å². The Kier molecular flexibility index (Phi) is 7.84. The van der Waals surface area contributed by atoms with Crippen molar-refractivity contribution < 1.29 is 19.2 Å². The number of nitrogens with one attached hydrogen (secondary N) is 2. The van der Waals surface area contributed by atoms with Gasteiger partial charge in [-0.1, -0.05) is 18.0 Å². The summed E-state index contributed by atoms with van der Waals surface area (Å²) in [4.78, 5) is 24.7. The van der Waals surface area contributed by atoms with Crippen LogP contribution in [0, 0.1) is 10.1 Å². The molecule has 2 aromatic carbocycles. The van der Waals surface area contributed by atoms with E-state index in [1.165, 1.54) is 30.6 Å². The van der Waals surface area contributed by atoms with E-state index in [1.54, 1.807) is 30.3 Å². The fourth-order valence-corrected chi connectivity index (χ4v) is 5.57. The van der Waals surface area contributed by atoms with E-state index in [2.05, 4.69) is 10.6 Å². The number of esters is 1. The molecular weight excluding hydrogens is 510 g/mol. The molecule has 2 N–H and O–H groups in total. The van der Waals surface area contributed by atoms with Crippen LogP contribution in [0.5, 0.6) is 11.5 Å². The molecule has 1 heterocycles. The highest BCUT2D eigenvalue weighted by Crippen LogP contribution is 2.38. The number of nitrogens with zero attached hydrogens (tertiary/aromatic N) is 1. The van der Waals surface area contributed by atoms with Crippen molar-refractivity contribution in [3.8, 4) is 11.5 Å². The van der Waals surface area contributed by atoms with Crippen LogP contribution in [0.1, 0.15) is 40.1 Å². The normalized spacial score (nSPS) is 12.7. The van der Waals surface area contributed by atoms with E-state index in [9.17, 15) is 14.9 Å². The zero-order valence-electron chi connectivity index (χ0n) is 18.8. The van der Waals surface area contributed by atoms with Crippen molar-refractivity contribution in [3.63, 3.8) is 0 Å². The number of methoxy groups -OCH3 is 1. The number of aryl methyl sites for hydroxylation is 1. The van der Waals surface area contributed by atoms with Crippen LogP contribution in [-0.4, -0.2) is 23.1 Å². The molecule has 0 atom stereocenters. The van der Waals surface area contributed by atoms with E-state index in [4.69, 9.17) is 33.3 Å². The Morgan fingerprint density at radius 2 is 1.83 bits per heavy atom. The lowest BCUT2D eigenvalue weighted by atomic mass is 10.1. The number of thiocarbonyl (C=S) groups is 1. The third-order valence-electron chi connectivity index (χ3n) is 5.45. The van der Waals surface area contributed by atoms with Gasteiger partial charge in [0.25, 0.3) is 5.69 Å². The van der Waals surface area contributed by atoms with Gasteiger partial charge in [-0.25, -0.2) is 4.79 Å². The lowest BCUT2D eigenvalue weighted by molar-refractivity contribution is -0.384. The van der Waals surface area contributed by atoms with E-state index in [0.717, 1.165) is 42.5 Å². The van der Waals surface area contributed by atoms with Gasteiger partial charge >= 0.3 is 5.97 Å². The molecule has 0 radical (unpaired) electrons. The first-order chi connectivity index (χ1) is 16.8. The Bertz CT molecular complexity index is 1280. The second-order valence-corrected chi connectivity index (χ2v) is 9.82. The zero-order valence-corrected chi connectivity index (χ0v) is 21.1. The zero-order chi connectivity index (χ0) is 24.9. The molecule has 0 bridgehead atoms. The fourth-order valence-electron chi connectivity index (χ4n) is 3.87. The number of benzene rings is 2. The van der Waals surface area contributed by atoms with Crippen molar-refractivity contribution in [3.05, 3.63) is 73.6 Å². The molecule has 8 nitrogen and oxygen atoms in total. The molecule has 0 saturated carbocycles. The van der Waals surface area contributed by atoms with Gasteiger partial charge in [0.2, 0.25) is 0 Å². The highest BCUT2D eigenvalue weighted by atomic mass is 35.5. The number of hydrogen-bond donors (Lipinski definition) is 2. The van der Waals surface area contributed by atoms with Crippen LogP contribution >= 0.6 is 35.2 Å². The average molecular weight is 532 g/mol. The van der Waals surface area contributed by atoms with Crippen molar-refractivity contribution in [1.29, 1.82) is 0 Å². The van der Waals surface area contributed by atoms with Gasteiger partial charge in [0, 0.05) is 22.0 Å². The van der Waals surface area contributed by atoms with Gasteiger partial charge < -0.3 is 20.1 Å². The second-order valence-electron chi connectivity index (χ2n) is 7.87. The lowest BCUT2D eigenvalue weighted by Crippen LogP contribution is -2.20. The van der Waals surface area contributed by atoms with Crippen LogP contribution in [-0.2, 0) is 17.6 Å². The summed E-state index contributed by atoms with van der Waals surface area (Å²) in [6.07, 6.45) is 4.93. The molecule has 0 spiro atoms. The number of anilines is 2.